The molecule has 0 amide bonds. The molecule has 41 heavy (non-hydrogen) atoms. The first-order valence-electron chi connectivity index (χ1n) is 13.7. The summed E-state index contributed by atoms with van der Waals surface area (Å²) in [6.45, 7) is 4.77. The normalized spacial score (nSPS) is 19.0. The van der Waals surface area contributed by atoms with Gasteiger partial charge in [0.25, 0.3) is 0 Å². The third kappa shape index (κ3) is 4.76. The Bertz CT molecular complexity index is 1720. The summed E-state index contributed by atoms with van der Waals surface area (Å²) in [5.41, 5.74) is 12.5. The second-order valence-electron chi connectivity index (χ2n) is 10.8. The second kappa shape index (κ2) is 10.2. The highest BCUT2D eigenvalue weighted by Gasteiger charge is 2.26. The molecule has 7 rings (SSSR count). The zero-order chi connectivity index (χ0) is 28.0. The number of hydrogen-bond acceptors (Lipinski definition) is 8. The van der Waals surface area contributed by atoms with Crippen molar-refractivity contribution in [3.63, 3.8) is 0 Å². The van der Waals surface area contributed by atoms with E-state index in [0.29, 0.717) is 25.1 Å². The average Bonchev–Trinajstić information content (AvgIpc) is 3.78. The molecule has 1 saturated heterocycles. The minimum Gasteiger partial charge on any atom is -0.379 e. The predicted octanol–water partition coefficient (Wildman–Crippen LogP) is 4.00. The molecule has 2 atom stereocenters. The van der Waals surface area contributed by atoms with Crippen LogP contribution in [0.4, 0.5) is 10.3 Å². The van der Waals surface area contributed by atoms with Crippen LogP contribution in [0.5, 0.6) is 0 Å². The summed E-state index contributed by atoms with van der Waals surface area (Å²) in [7, 11) is 0. The summed E-state index contributed by atoms with van der Waals surface area (Å²) in [5, 5.41) is 9.03. The molecular weight excluding hydrogens is 521 g/mol. The average molecular weight is 552 g/mol. The van der Waals surface area contributed by atoms with Crippen LogP contribution in [-0.4, -0.2) is 60.6 Å². The van der Waals surface area contributed by atoms with Gasteiger partial charge in [0.2, 0.25) is 5.95 Å². The lowest BCUT2D eigenvalue weighted by molar-refractivity contribution is 0.184. The second-order valence-corrected chi connectivity index (χ2v) is 10.8. The van der Waals surface area contributed by atoms with Crippen molar-refractivity contribution in [3.8, 4) is 11.1 Å². The molecule has 2 aliphatic rings. The maximum absolute atomic E-state index is 13.4. The summed E-state index contributed by atoms with van der Waals surface area (Å²) in [4.78, 5) is 16.0. The summed E-state index contributed by atoms with van der Waals surface area (Å²) >= 11 is 0. The van der Waals surface area contributed by atoms with Crippen molar-refractivity contribution in [2.24, 2.45) is 5.73 Å². The van der Waals surface area contributed by atoms with Crippen LogP contribution in [0.15, 0.2) is 73.7 Å². The summed E-state index contributed by atoms with van der Waals surface area (Å²) < 4.78 is 22.8. The van der Waals surface area contributed by atoms with Gasteiger partial charge in [0.15, 0.2) is 0 Å². The molecule has 0 spiro atoms. The van der Waals surface area contributed by atoms with Gasteiger partial charge in [-0.15, -0.1) is 0 Å². The molecule has 10 nitrogen and oxygen atoms in total. The molecule has 4 aromatic heterocycles. The fourth-order valence-corrected chi connectivity index (χ4v) is 5.53. The van der Waals surface area contributed by atoms with E-state index in [0.717, 1.165) is 59.5 Å². The highest BCUT2D eigenvalue weighted by atomic mass is 19.1. The Kier molecular flexibility index (Phi) is 6.32. The van der Waals surface area contributed by atoms with Crippen molar-refractivity contribution >= 4 is 17.0 Å². The van der Waals surface area contributed by atoms with Gasteiger partial charge >= 0.3 is 0 Å². The van der Waals surface area contributed by atoms with Gasteiger partial charge in [0, 0.05) is 61.2 Å². The third-order valence-corrected chi connectivity index (χ3v) is 8.10. The summed E-state index contributed by atoms with van der Waals surface area (Å²) in [6, 6.07) is 8.62. The van der Waals surface area contributed by atoms with E-state index in [9.17, 15) is 4.39 Å². The van der Waals surface area contributed by atoms with Crippen LogP contribution in [0.2, 0.25) is 0 Å². The van der Waals surface area contributed by atoms with Gasteiger partial charge in [-0.1, -0.05) is 18.2 Å². The minimum atomic E-state index is -0.834. The smallest absolute Gasteiger partial charge is 0.225 e. The molecule has 6 heterocycles. The Morgan fingerprint density at radius 3 is 2.56 bits per heavy atom. The number of aromatic nitrogens is 7. The summed E-state index contributed by atoms with van der Waals surface area (Å²) in [6.07, 6.45) is 15.1. The van der Waals surface area contributed by atoms with E-state index in [-0.39, 0.29) is 5.82 Å². The standard InChI is InChI=1S/C30H30FN9O/c1-30(32,23-2-4-25(31)5-3-23)24-14-33-29(34-15-24)38-9-6-20(7-10-38)28-27-12-21(16-40(27)37-19-35-28)22-13-36-39(17-22)26-8-11-41-18-26/h2-6,12-17,19,26H,7-11,18,32H2,1H3/t26-,30-/m0/s1. The van der Waals surface area contributed by atoms with E-state index in [2.05, 4.69) is 48.4 Å². The maximum atomic E-state index is 13.4. The molecular formula is C30H30FN9O. The topological polar surface area (TPSA) is 112 Å². The monoisotopic (exact) mass is 551 g/mol. The lowest BCUT2D eigenvalue weighted by Crippen LogP contribution is -2.35. The van der Waals surface area contributed by atoms with Gasteiger partial charge in [0.05, 0.1) is 35.6 Å². The quantitative estimate of drug-likeness (QED) is 0.337. The Morgan fingerprint density at radius 2 is 1.83 bits per heavy atom. The Balaban J connectivity index is 1.09. The number of halogens is 1. The Morgan fingerprint density at radius 1 is 1.00 bits per heavy atom. The number of benzene rings is 1. The van der Waals surface area contributed by atoms with E-state index in [1.807, 2.05) is 28.5 Å². The molecule has 11 heteroatoms. The SMILES string of the molecule is C[C@](N)(c1ccc(F)cc1)c1cnc(N2CC=C(c3ncnn4cc(-c5cnn([C@H]6CCOC6)c5)cc34)CC2)nc1. The molecule has 2 aliphatic heterocycles. The van der Waals surface area contributed by atoms with Gasteiger partial charge in [-0.25, -0.2) is 23.9 Å². The number of nitrogens with two attached hydrogens (primary N) is 1. The number of rotatable bonds is 6. The molecule has 0 aliphatic carbocycles. The van der Waals surface area contributed by atoms with Crippen molar-refractivity contribution in [2.45, 2.75) is 31.3 Å². The zero-order valence-corrected chi connectivity index (χ0v) is 22.7. The number of ether oxygens (including phenoxy) is 1. The largest absolute Gasteiger partial charge is 0.379 e. The van der Waals surface area contributed by atoms with Gasteiger partial charge in [-0.3, -0.25) is 4.68 Å². The van der Waals surface area contributed by atoms with Gasteiger partial charge in [0.1, 0.15) is 12.1 Å². The van der Waals surface area contributed by atoms with Crippen LogP contribution in [-0.2, 0) is 10.3 Å². The number of fused-ring (bicyclic) bond motifs is 1. The molecule has 5 aromatic rings. The van der Waals surface area contributed by atoms with E-state index >= 15 is 0 Å². The maximum Gasteiger partial charge on any atom is 0.225 e. The minimum absolute atomic E-state index is 0.293. The molecule has 0 saturated carbocycles. The van der Waals surface area contributed by atoms with E-state index < -0.39 is 5.54 Å². The van der Waals surface area contributed by atoms with Crippen molar-refractivity contribution in [2.75, 3.05) is 31.2 Å². The van der Waals surface area contributed by atoms with E-state index in [4.69, 9.17) is 10.5 Å². The van der Waals surface area contributed by atoms with Crippen molar-refractivity contribution < 1.29 is 9.13 Å². The number of anilines is 1. The summed E-state index contributed by atoms with van der Waals surface area (Å²) in [5.74, 6) is 0.345. The Hall–Kier alpha value is -4.48. The van der Waals surface area contributed by atoms with Gasteiger partial charge in [-0.05, 0) is 49.1 Å². The molecule has 2 N–H and O–H groups in total. The van der Waals surface area contributed by atoms with E-state index in [1.54, 1.807) is 30.9 Å². The van der Waals surface area contributed by atoms with Gasteiger partial charge < -0.3 is 15.4 Å². The molecule has 0 unspecified atom stereocenters. The van der Waals surface area contributed by atoms with Crippen molar-refractivity contribution in [1.82, 2.24) is 34.3 Å². The molecule has 0 bridgehead atoms. The lowest BCUT2D eigenvalue weighted by Gasteiger charge is -2.28. The predicted molar refractivity (Wildman–Crippen MR) is 153 cm³/mol. The molecule has 0 radical (unpaired) electrons. The lowest BCUT2D eigenvalue weighted by atomic mass is 9.87. The van der Waals surface area contributed by atoms with Crippen LogP contribution in [0.3, 0.4) is 0 Å². The zero-order valence-electron chi connectivity index (χ0n) is 22.7. The highest BCUT2D eigenvalue weighted by molar-refractivity contribution is 5.80. The van der Waals surface area contributed by atoms with Crippen molar-refractivity contribution in [1.29, 1.82) is 0 Å². The molecule has 1 fully saturated rings. The first-order chi connectivity index (χ1) is 20.0. The Labute approximate surface area is 236 Å². The van der Waals surface area contributed by atoms with Crippen LogP contribution in [0.1, 0.15) is 42.6 Å². The van der Waals surface area contributed by atoms with E-state index in [1.165, 1.54) is 17.7 Å². The highest BCUT2D eigenvalue weighted by Crippen LogP contribution is 2.31. The first-order valence-corrected chi connectivity index (χ1v) is 13.7. The number of hydrogen-bond donors (Lipinski definition) is 1. The third-order valence-electron chi connectivity index (χ3n) is 8.10. The first kappa shape index (κ1) is 25.5. The van der Waals surface area contributed by atoms with Crippen LogP contribution in [0, 0.1) is 5.82 Å². The fraction of sp³-hybridized carbons (Fsp3) is 0.300. The molecule has 208 valence electrons. The fourth-order valence-electron chi connectivity index (χ4n) is 5.53. The van der Waals surface area contributed by atoms with Crippen LogP contribution in [0.25, 0.3) is 22.2 Å². The van der Waals surface area contributed by atoms with Gasteiger partial charge in [-0.2, -0.15) is 10.2 Å². The van der Waals surface area contributed by atoms with Crippen LogP contribution < -0.4 is 10.6 Å². The van der Waals surface area contributed by atoms with Crippen molar-refractivity contribution in [3.05, 3.63) is 96.4 Å². The molecule has 1 aromatic carbocycles. The number of nitrogens with zero attached hydrogens (tertiary/aromatic N) is 8. The van der Waals surface area contributed by atoms with Crippen LogP contribution >= 0.6 is 0 Å².